The number of carbonyl (C=O) groups excluding carboxylic acids is 2. The Bertz CT molecular complexity index is 2960. The van der Waals surface area contributed by atoms with Gasteiger partial charge in [0.25, 0.3) is 0 Å². The van der Waals surface area contributed by atoms with E-state index in [0.717, 1.165) is 54.4 Å². The van der Waals surface area contributed by atoms with Crippen LogP contribution in [0.3, 0.4) is 0 Å². The molecule has 17 nitrogen and oxygen atoms in total. The van der Waals surface area contributed by atoms with Gasteiger partial charge in [-0.2, -0.15) is 0 Å². The Morgan fingerprint density at radius 3 is 1.47 bits per heavy atom. The molecule has 2 aliphatic carbocycles. The largest absolute Gasteiger partial charge is 0.484 e. The molecule has 4 saturated heterocycles. The molecule has 4 aliphatic heterocycles. The molecule has 2 amide bonds. The highest BCUT2D eigenvalue weighted by Crippen LogP contribution is 2.50. The zero-order valence-electron chi connectivity index (χ0n) is 50.1. The van der Waals surface area contributed by atoms with Gasteiger partial charge in [-0.05, 0) is 174 Å². The van der Waals surface area contributed by atoms with Crippen molar-refractivity contribution in [1.29, 1.82) is 0 Å². The number of fused-ring (bicyclic) bond motifs is 6. The van der Waals surface area contributed by atoms with Gasteiger partial charge in [-0.15, -0.1) is 0 Å². The minimum Gasteiger partial charge on any atom is -0.484 e. The number of sulfone groups is 1. The van der Waals surface area contributed by atoms with Crippen LogP contribution in [0.25, 0.3) is 0 Å². The van der Waals surface area contributed by atoms with Crippen molar-refractivity contribution in [2.24, 2.45) is 0 Å². The number of urea groups is 1. The number of halogens is 4. The molecule has 0 radical (unpaired) electrons. The number of rotatable bonds is 35. The molecule has 6 aliphatic rings. The first kappa shape index (κ1) is 67.1. The molecule has 0 aromatic heterocycles. The van der Waals surface area contributed by atoms with E-state index in [1.807, 2.05) is 12.1 Å². The Labute approximate surface area is 539 Å². The van der Waals surface area contributed by atoms with Gasteiger partial charge in [0.1, 0.15) is 29.5 Å². The molecule has 4 bridgehead atoms. The van der Waals surface area contributed by atoms with Gasteiger partial charge in [0, 0.05) is 101 Å². The van der Waals surface area contributed by atoms with Crippen LogP contribution >= 0.6 is 46.4 Å². The number of ether oxygens (including phenoxy) is 6. The second-order valence-electron chi connectivity index (χ2n) is 24.2. The Kier molecular flexibility index (Phi) is 24.5. The van der Waals surface area contributed by atoms with Crippen molar-refractivity contribution in [1.82, 2.24) is 25.2 Å². The maximum absolute atomic E-state index is 13.2. The summed E-state index contributed by atoms with van der Waals surface area (Å²) < 4.78 is 91.1. The molecule has 10 rings (SSSR count). The van der Waals surface area contributed by atoms with Gasteiger partial charge in [-0.1, -0.05) is 65.7 Å². The van der Waals surface area contributed by atoms with E-state index >= 15 is 0 Å². The first-order valence-corrected chi connectivity index (χ1v) is 36.4. The van der Waals surface area contributed by atoms with Gasteiger partial charge in [-0.3, -0.25) is 14.6 Å². The van der Waals surface area contributed by atoms with Gasteiger partial charge < -0.3 is 39.1 Å². The molecule has 0 spiro atoms. The van der Waals surface area contributed by atoms with Crippen LogP contribution < -0.4 is 24.8 Å². The van der Waals surface area contributed by atoms with E-state index < -0.39 is 19.9 Å². The number of unbranched alkanes of at least 4 members (excludes halogenated alkanes) is 2. The van der Waals surface area contributed by atoms with Gasteiger partial charge in [0.2, 0.25) is 10.0 Å². The van der Waals surface area contributed by atoms with E-state index in [9.17, 15) is 26.4 Å². The molecule has 4 fully saturated rings. The second-order valence-corrected chi connectivity index (χ2v) is 29.7. The van der Waals surface area contributed by atoms with Crippen molar-refractivity contribution in [3.8, 4) is 11.5 Å². The number of hydrogen-bond donors (Lipinski definition) is 3. The topological polar surface area (TPSA) is 200 Å². The number of ketones is 1. The summed E-state index contributed by atoms with van der Waals surface area (Å²) in [6.07, 6.45) is 17.2. The molecule has 88 heavy (non-hydrogen) atoms. The summed E-state index contributed by atoms with van der Waals surface area (Å²) in [5, 5.41) is 8.04. The minimum absolute atomic E-state index is 0.0584. The van der Waals surface area contributed by atoms with E-state index in [1.54, 1.807) is 60.7 Å². The van der Waals surface area contributed by atoms with Crippen molar-refractivity contribution in [2.75, 3.05) is 78.2 Å². The fraction of sp³-hybridized carbons (Fsp3) is 0.600. The van der Waals surface area contributed by atoms with Crippen LogP contribution in [0, 0.1) is 0 Å². The summed E-state index contributed by atoms with van der Waals surface area (Å²) in [7, 11) is -7.33. The highest BCUT2D eigenvalue weighted by molar-refractivity contribution is 7.91. The Hall–Kier alpha value is -3.80. The molecule has 4 aromatic carbocycles. The number of amides is 2. The van der Waals surface area contributed by atoms with Crippen LogP contribution in [0.5, 0.6) is 11.5 Å². The summed E-state index contributed by atoms with van der Waals surface area (Å²) in [6.45, 7) is 3.27. The third kappa shape index (κ3) is 17.7. The Balaban J connectivity index is 0.499. The maximum Gasteiger partial charge on any atom is 0.314 e. The lowest BCUT2D eigenvalue weighted by atomic mass is 9.98. The van der Waals surface area contributed by atoms with Crippen molar-refractivity contribution in [2.45, 2.75) is 180 Å². The molecule has 8 atom stereocenters. The monoisotopic (exact) mass is 1330 g/mol. The molecule has 0 saturated carbocycles. The summed E-state index contributed by atoms with van der Waals surface area (Å²) in [5.74, 6) is 1.29. The number of carbonyl (C=O) groups is 2. The summed E-state index contributed by atoms with van der Waals surface area (Å²) in [5.41, 5.74) is 4.15. The number of nitrogens with one attached hydrogen (secondary N) is 3. The summed E-state index contributed by atoms with van der Waals surface area (Å²) >= 11 is 26.4. The number of nitrogens with zero attached hydrogens (tertiary/aromatic N) is 2. The number of sulfonamides is 1. The first-order valence-electron chi connectivity index (χ1n) is 31.7. The SMILES string of the molecule is O=C(CCCCCNC(=O)NCCOCCOCCCS(=O)(=O)c1ccc(O[C@H]2c3cc(Cl)cc(Cl)c3C[C@@H]2N2C3CCCC2CC3)cc1)CCCOCCOCCNS(=O)(=O)c1ccc(O[C@H]2c3cc(Cl)cc(Cl)c3C[C@@H]2N2C3CCCC2CC3)cc1. The third-order valence-corrected chi connectivity index (χ3v) is 22.7. The lowest BCUT2D eigenvalue weighted by Crippen LogP contribution is -2.49. The number of piperidine rings is 2. The molecular formula is C65H85Cl4N5O12S2. The highest BCUT2D eigenvalue weighted by atomic mass is 35.5. The summed E-state index contributed by atoms with van der Waals surface area (Å²) in [4.78, 5) is 30.3. The number of hydrogen-bond acceptors (Lipinski definition) is 14. The van der Waals surface area contributed by atoms with E-state index in [4.69, 9.17) is 74.8 Å². The quantitative estimate of drug-likeness (QED) is 0.0367. The van der Waals surface area contributed by atoms with Crippen molar-refractivity contribution < 1.29 is 54.8 Å². The number of benzene rings is 4. The van der Waals surface area contributed by atoms with E-state index in [0.29, 0.717) is 134 Å². The smallest absolute Gasteiger partial charge is 0.314 e. The molecule has 23 heteroatoms. The van der Waals surface area contributed by atoms with Crippen LogP contribution in [-0.2, 0) is 56.4 Å². The summed E-state index contributed by atoms with van der Waals surface area (Å²) in [6, 6.07) is 22.8. The fourth-order valence-electron chi connectivity index (χ4n) is 14.2. The number of Topliss-reactive ketones (excluding diaryl/α,β-unsaturated/α-hetero) is 1. The maximum atomic E-state index is 13.2. The average Bonchev–Trinajstić information content (AvgIpc) is 1.85. The fourth-order valence-corrected chi connectivity index (χ4v) is 17.7. The zero-order chi connectivity index (χ0) is 61.6. The third-order valence-electron chi connectivity index (χ3n) is 18.3. The normalized spacial score (nSPS) is 23.3. The molecule has 3 N–H and O–H groups in total. The Morgan fingerprint density at radius 1 is 0.489 bits per heavy atom. The first-order chi connectivity index (χ1) is 42.6. The van der Waals surface area contributed by atoms with E-state index in [-0.39, 0.29) is 71.4 Å². The van der Waals surface area contributed by atoms with Crippen LogP contribution in [0.4, 0.5) is 4.79 Å². The molecule has 4 unspecified atom stereocenters. The molecule has 4 heterocycles. The molecule has 482 valence electrons. The van der Waals surface area contributed by atoms with Crippen LogP contribution in [0.1, 0.15) is 144 Å². The van der Waals surface area contributed by atoms with Gasteiger partial charge in [-0.25, -0.2) is 26.4 Å². The van der Waals surface area contributed by atoms with Crippen molar-refractivity contribution >= 4 is 78.1 Å². The van der Waals surface area contributed by atoms with Crippen LogP contribution in [0.2, 0.25) is 20.1 Å². The molecular weight excluding hydrogens is 1250 g/mol. The average molecular weight is 1330 g/mol. The predicted octanol–water partition coefficient (Wildman–Crippen LogP) is 11.8. The lowest BCUT2D eigenvalue weighted by Gasteiger charge is -2.41. The molecule has 4 aromatic rings. The zero-order valence-corrected chi connectivity index (χ0v) is 54.7. The van der Waals surface area contributed by atoms with Crippen LogP contribution in [-0.4, -0.2) is 153 Å². The van der Waals surface area contributed by atoms with Gasteiger partial charge in [0.15, 0.2) is 9.84 Å². The lowest BCUT2D eigenvalue weighted by molar-refractivity contribution is -0.119. The highest BCUT2D eigenvalue weighted by Gasteiger charge is 2.49. The van der Waals surface area contributed by atoms with Crippen LogP contribution in [0.15, 0.2) is 82.6 Å². The predicted molar refractivity (Wildman–Crippen MR) is 342 cm³/mol. The van der Waals surface area contributed by atoms with Crippen molar-refractivity contribution in [3.63, 3.8) is 0 Å². The van der Waals surface area contributed by atoms with Crippen molar-refractivity contribution in [3.05, 3.63) is 115 Å². The van der Waals surface area contributed by atoms with Gasteiger partial charge >= 0.3 is 6.03 Å². The Morgan fingerprint density at radius 2 is 0.943 bits per heavy atom. The second kappa shape index (κ2) is 32.2. The van der Waals surface area contributed by atoms with E-state index in [1.165, 1.54) is 64.2 Å². The van der Waals surface area contributed by atoms with Gasteiger partial charge in [0.05, 0.1) is 67.3 Å². The minimum atomic E-state index is -3.78. The standard InChI is InChI=1S/C65H85Cl4N5O12S2/c66-44-38-57-55(59(68)40-44)42-61(73-46-8-4-9-47(73)15-14-46)63(57)85-51-18-22-53(23-19-51)87(77,78)37-7-30-82-34-35-83-31-27-71-65(76)70-26-3-1-2-12-50(75)13-6-29-81-33-36-84-32-28-72-88(79,80)54-24-20-52(21-25-54)86-64-58-39-45(67)41-60(69)56(58)43-62(64)74-48-10-5-11-49(74)17-16-48/h18-25,38-41,46-49,61-64,72H,1-17,26-37,42-43H2,(H2,70,71,76)/t46?,47?,48?,49?,61-,62-,63-,64-/m0/s1. The van der Waals surface area contributed by atoms with E-state index in [2.05, 4.69) is 25.2 Å².